The highest BCUT2D eigenvalue weighted by Gasteiger charge is 2.32. The van der Waals surface area contributed by atoms with Gasteiger partial charge in [-0.05, 0) is 36.8 Å². The van der Waals surface area contributed by atoms with Crippen LogP contribution in [0.2, 0.25) is 0 Å². The molecular formula is C19H16F2N4O2S. The van der Waals surface area contributed by atoms with Gasteiger partial charge in [-0.1, -0.05) is 36.0 Å². The summed E-state index contributed by atoms with van der Waals surface area (Å²) in [6.07, 6.45) is -0.134. The normalized spacial score (nSPS) is 18.2. The van der Waals surface area contributed by atoms with Crippen LogP contribution < -0.4 is 10.6 Å². The van der Waals surface area contributed by atoms with E-state index in [9.17, 15) is 18.4 Å². The number of rotatable bonds is 5. The van der Waals surface area contributed by atoms with E-state index in [1.54, 1.807) is 25.1 Å². The monoisotopic (exact) mass is 402 g/mol. The number of hydrogen-bond donors (Lipinski definition) is 2. The van der Waals surface area contributed by atoms with Crippen molar-refractivity contribution >= 4 is 40.1 Å². The van der Waals surface area contributed by atoms with Crippen LogP contribution in [-0.2, 0) is 9.59 Å². The first-order chi connectivity index (χ1) is 13.4. The number of benzene rings is 2. The van der Waals surface area contributed by atoms with Crippen LogP contribution in [0.5, 0.6) is 0 Å². The van der Waals surface area contributed by atoms with Gasteiger partial charge in [-0.25, -0.2) is 8.78 Å². The van der Waals surface area contributed by atoms with Gasteiger partial charge in [0.05, 0.1) is 11.4 Å². The van der Waals surface area contributed by atoms with Crippen molar-refractivity contribution in [2.75, 3.05) is 5.32 Å². The van der Waals surface area contributed by atoms with Gasteiger partial charge in [-0.2, -0.15) is 5.10 Å². The predicted octanol–water partition coefficient (Wildman–Crippen LogP) is 3.31. The van der Waals surface area contributed by atoms with Crippen molar-refractivity contribution in [2.24, 2.45) is 10.2 Å². The number of anilines is 1. The summed E-state index contributed by atoms with van der Waals surface area (Å²) in [6, 6.07) is 11.6. The SMILES string of the molecule is C/C(=N/N=C1\NC(=O)[C@H](CC(=O)Nc2ccccc2F)S1)c1ccc(F)cc1. The summed E-state index contributed by atoms with van der Waals surface area (Å²) in [7, 11) is 0. The van der Waals surface area contributed by atoms with Gasteiger partial charge >= 0.3 is 0 Å². The summed E-state index contributed by atoms with van der Waals surface area (Å²) >= 11 is 1.07. The lowest BCUT2D eigenvalue weighted by molar-refractivity contribution is -0.122. The predicted molar refractivity (Wildman–Crippen MR) is 105 cm³/mol. The van der Waals surface area contributed by atoms with Crippen LogP contribution in [0.15, 0.2) is 58.7 Å². The number of amidine groups is 1. The van der Waals surface area contributed by atoms with Crippen LogP contribution in [0.25, 0.3) is 0 Å². The first-order valence-corrected chi connectivity index (χ1v) is 9.20. The zero-order chi connectivity index (χ0) is 20.1. The number of thioether (sulfide) groups is 1. The second-order valence-electron chi connectivity index (χ2n) is 5.93. The third-order valence-electron chi connectivity index (χ3n) is 3.85. The van der Waals surface area contributed by atoms with Crippen molar-refractivity contribution in [2.45, 2.75) is 18.6 Å². The zero-order valence-electron chi connectivity index (χ0n) is 14.8. The molecule has 28 heavy (non-hydrogen) atoms. The standard InChI is InChI=1S/C19H16F2N4O2S/c1-11(12-6-8-13(20)9-7-12)24-25-19-23-18(27)16(28-19)10-17(26)22-15-5-3-2-4-14(15)21/h2-9,16H,10H2,1H3,(H,22,26)(H,23,25,27)/b24-11-/t16-/m0/s1. The van der Waals surface area contributed by atoms with Crippen molar-refractivity contribution in [1.29, 1.82) is 0 Å². The van der Waals surface area contributed by atoms with Crippen molar-refractivity contribution < 1.29 is 18.4 Å². The Labute approximate surface area is 164 Å². The average molecular weight is 402 g/mol. The van der Waals surface area contributed by atoms with Gasteiger partial charge in [-0.3, -0.25) is 9.59 Å². The fourth-order valence-electron chi connectivity index (χ4n) is 2.39. The van der Waals surface area contributed by atoms with Crippen LogP contribution in [0.4, 0.5) is 14.5 Å². The minimum Gasteiger partial charge on any atom is -0.324 e. The molecule has 2 N–H and O–H groups in total. The van der Waals surface area contributed by atoms with Gasteiger partial charge in [-0.15, -0.1) is 5.10 Å². The van der Waals surface area contributed by atoms with E-state index >= 15 is 0 Å². The highest BCUT2D eigenvalue weighted by Crippen LogP contribution is 2.23. The lowest BCUT2D eigenvalue weighted by Gasteiger charge is -2.07. The van der Waals surface area contributed by atoms with Crippen molar-refractivity contribution in [3.63, 3.8) is 0 Å². The summed E-state index contributed by atoms with van der Waals surface area (Å²) in [5.74, 6) is -1.75. The third kappa shape index (κ3) is 5.01. The van der Waals surface area contributed by atoms with Crippen LogP contribution in [0.1, 0.15) is 18.9 Å². The molecule has 0 saturated carbocycles. The third-order valence-corrected chi connectivity index (χ3v) is 4.92. The molecule has 0 bridgehead atoms. The molecule has 0 radical (unpaired) electrons. The topological polar surface area (TPSA) is 82.9 Å². The molecule has 1 atom stereocenters. The maximum absolute atomic E-state index is 13.6. The number of nitrogens with zero attached hydrogens (tertiary/aromatic N) is 2. The Kier molecular flexibility index (Phi) is 6.15. The summed E-state index contributed by atoms with van der Waals surface area (Å²) in [4.78, 5) is 24.1. The summed E-state index contributed by atoms with van der Waals surface area (Å²) in [5, 5.41) is 12.6. The first-order valence-electron chi connectivity index (χ1n) is 8.32. The molecule has 9 heteroatoms. The largest absolute Gasteiger partial charge is 0.324 e. The van der Waals surface area contributed by atoms with E-state index in [-0.39, 0.29) is 29.0 Å². The molecule has 1 heterocycles. The number of carbonyl (C=O) groups is 2. The van der Waals surface area contributed by atoms with Gasteiger partial charge in [0, 0.05) is 6.42 Å². The van der Waals surface area contributed by atoms with Gasteiger partial charge in [0.2, 0.25) is 11.8 Å². The van der Waals surface area contributed by atoms with E-state index in [4.69, 9.17) is 0 Å². The summed E-state index contributed by atoms with van der Waals surface area (Å²) in [6.45, 7) is 1.71. The van der Waals surface area contributed by atoms with Gasteiger partial charge in [0.15, 0.2) is 5.17 Å². The van der Waals surface area contributed by atoms with Gasteiger partial charge in [0.25, 0.3) is 0 Å². The summed E-state index contributed by atoms with van der Waals surface area (Å²) < 4.78 is 26.5. The molecule has 6 nitrogen and oxygen atoms in total. The number of halogens is 2. The van der Waals surface area contributed by atoms with E-state index in [0.29, 0.717) is 11.3 Å². The molecule has 0 unspecified atom stereocenters. The Bertz CT molecular complexity index is 961. The van der Waals surface area contributed by atoms with E-state index in [1.807, 2.05) is 0 Å². The lowest BCUT2D eigenvalue weighted by atomic mass is 10.1. The molecule has 0 spiro atoms. The van der Waals surface area contributed by atoms with Crippen LogP contribution in [0, 0.1) is 11.6 Å². The van der Waals surface area contributed by atoms with Crippen molar-refractivity contribution in [3.05, 3.63) is 65.7 Å². The molecule has 1 fully saturated rings. The van der Waals surface area contributed by atoms with Crippen LogP contribution in [-0.4, -0.2) is 27.9 Å². The molecule has 0 aliphatic carbocycles. The fraction of sp³-hybridized carbons (Fsp3) is 0.158. The van der Waals surface area contributed by atoms with E-state index in [2.05, 4.69) is 20.8 Å². The molecule has 2 aromatic carbocycles. The number of carbonyl (C=O) groups excluding carboxylic acids is 2. The molecule has 1 aliphatic heterocycles. The maximum Gasteiger partial charge on any atom is 0.240 e. The molecule has 1 aliphatic rings. The molecule has 1 saturated heterocycles. The Hall–Kier alpha value is -3.07. The first kappa shape index (κ1) is 19.7. The molecule has 2 amide bonds. The number of amides is 2. The Morgan fingerprint density at radius 2 is 1.89 bits per heavy atom. The Morgan fingerprint density at radius 3 is 2.61 bits per heavy atom. The van der Waals surface area contributed by atoms with E-state index in [1.165, 1.54) is 30.3 Å². The van der Waals surface area contributed by atoms with Crippen LogP contribution >= 0.6 is 11.8 Å². The Balaban J connectivity index is 1.60. The highest BCUT2D eigenvalue weighted by atomic mass is 32.2. The van der Waals surface area contributed by atoms with E-state index in [0.717, 1.165) is 11.8 Å². The van der Waals surface area contributed by atoms with Crippen LogP contribution in [0.3, 0.4) is 0 Å². The number of hydrogen-bond acceptors (Lipinski definition) is 5. The lowest BCUT2D eigenvalue weighted by Crippen LogP contribution is -2.28. The minimum atomic E-state index is -0.688. The number of para-hydroxylation sites is 1. The molecule has 0 aromatic heterocycles. The summed E-state index contributed by atoms with van der Waals surface area (Å²) in [5.41, 5.74) is 1.30. The van der Waals surface area contributed by atoms with Crippen molar-refractivity contribution in [3.8, 4) is 0 Å². The van der Waals surface area contributed by atoms with Gasteiger partial charge < -0.3 is 10.6 Å². The zero-order valence-corrected chi connectivity index (χ0v) is 15.6. The second kappa shape index (κ2) is 8.75. The average Bonchev–Trinajstić information content (AvgIpc) is 3.01. The smallest absolute Gasteiger partial charge is 0.240 e. The molecule has 3 rings (SSSR count). The van der Waals surface area contributed by atoms with Crippen molar-refractivity contribution in [1.82, 2.24) is 5.32 Å². The quantitative estimate of drug-likeness (QED) is 0.595. The fourth-order valence-corrected chi connectivity index (χ4v) is 3.31. The van der Waals surface area contributed by atoms with Gasteiger partial charge in [0.1, 0.15) is 16.9 Å². The second-order valence-corrected chi connectivity index (χ2v) is 7.12. The van der Waals surface area contributed by atoms with E-state index < -0.39 is 17.0 Å². The number of nitrogens with one attached hydrogen (secondary N) is 2. The maximum atomic E-state index is 13.6. The Morgan fingerprint density at radius 1 is 1.18 bits per heavy atom. The molecule has 144 valence electrons. The minimum absolute atomic E-state index is 0.0596. The molecule has 2 aromatic rings. The highest BCUT2D eigenvalue weighted by molar-refractivity contribution is 8.15. The molecular weight excluding hydrogens is 386 g/mol.